The fraction of sp³-hybridized carbons (Fsp3) is 0.235. The van der Waals surface area contributed by atoms with Gasteiger partial charge in [0, 0.05) is 16.6 Å². The van der Waals surface area contributed by atoms with Crippen molar-refractivity contribution in [1.82, 2.24) is 0 Å². The molecule has 0 bridgehead atoms. The lowest BCUT2D eigenvalue weighted by Crippen LogP contribution is -2.14. The van der Waals surface area contributed by atoms with Gasteiger partial charge in [0.15, 0.2) is 0 Å². The van der Waals surface area contributed by atoms with Crippen molar-refractivity contribution in [2.24, 2.45) is 0 Å². The van der Waals surface area contributed by atoms with E-state index in [1.54, 1.807) is 24.3 Å². The molecule has 110 valence electrons. The topological polar surface area (TPSA) is 49.3 Å². The first-order chi connectivity index (χ1) is 10.1. The number of carbonyl (C=O) groups is 1. The lowest BCUT2D eigenvalue weighted by molar-refractivity contribution is -0.116. The zero-order chi connectivity index (χ0) is 15.2. The molecular formula is C17H18BrNO2. The van der Waals surface area contributed by atoms with E-state index in [4.69, 9.17) is 5.11 Å². The van der Waals surface area contributed by atoms with Gasteiger partial charge < -0.3 is 10.4 Å². The number of hydrogen-bond acceptors (Lipinski definition) is 2. The highest BCUT2D eigenvalue weighted by Crippen LogP contribution is 2.22. The molecule has 2 aromatic rings. The van der Waals surface area contributed by atoms with Gasteiger partial charge in [0.05, 0.1) is 6.61 Å². The molecule has 0 aromatic heterocycles. The normalized spacial score (nSPS) is 12.0. The molecule has 1 amide bonds. The number of aliphatic hydroxyl groups excluding tert-OH is 1. The quantitative estimate of drug-likeness (QED) is 0.856. The molecule has 1 unspecified atom stereocenters. The Balaban J connectivity index is 1.92. The van der Waals surface area contributed by atoms with Crippen LogP contribution in [0.25, 0.3) is 0 Å². The van der Waals surface area contributed by atoms with Crippen molar-refractivity contribution < 1.29 is 9.90 Å². The van der Waals surface area contributed by atoms with Gasteiger partial charge in [-0.1, -0.05) is 47.1 Å². The molecular weight excluding hydrogens is 330 g/mol. The molecule has 0 fully saturated rings. The van der Waals surface area contributed by atoms with E-state index in [9.17, 15) is 4.79 Å². The van der Waals surface area contributed by atoms with E-state index in [-0.39, 0.29) is 18.4 Å². The Kier molecular flexibility index (Phi) is 5.53. The summed E-state index contributed by atoms with van der Waals surface area (Å²) in [5.74, 6) is 0.150. The molecule has 0 heterocycles. The van der Waals surface area contributed by atoms with Gasteiger partial charge in [-0.15, -0.1) is 0 Å². The van der Waals surface area contributed by atoms with E-state index < -0.39 is 0 Å². The second-order valence-electron chi connectivity index (χ2n) is 5.06. The van der Waals surface area contributed by atoms with Crippen LogP contribution in [0.3, 0.4) is 0 Å². The maximum absolute atomic E-state index is 12.0. The first-order valence-corrected chi connectivity index (χ1v) is 7.63. The zero-order valence-corrected chi connectivity index (χ0v) is 13.4. The van der Waals surface area contributed by atoms with Gasteiger partial charge in [0.2, 0.25) is 5.91 Å². The second kappa shape index (κ2) is 7.38. The van der Waals surface area contributed by atoms with Crippen LogP contribution < -0.4 is 5.32 Å². The standard InChI is InChI=1S/C17H18BrNO2/c1-12(14-4-6-15(18)7-5-14)10-17(21)19-16-8-2-13(11-20)3-9-16/h2-9,12,20H,10-11H2,1H3,(H,19,21). The summed E-state index contributed by atoms with van der Waals surface area (Å²) in [6, 6.07) is 15.2. The molecule has 2 rings (SSSR count). The minimum Gasteiger partial charge on any atom is -0.392 e. The number of aliphatic hydroxyl groups is 1. The van der Waals surface area contributed by atoms with Crippen molar-refractivity contribution in [3.05, 3.63) is 64.1 Å². The van der Waals surface area contributed by atoms with Crippen molar-refractivity contribution >= 4 is 27.5 Å². The van der Waals surface area contributed by atoms with Crippen molar-refractivity contribution in [1.29, 1.82) is 0 Å². The lowest BCUT2D eigenvalue weighted by Gasteiger charge is -2.12. The first kappa shape index (κ1) is 15.7. The SMILES string of the molecule is CC(CC(=O)Nc1ccc(CO)cc1)c1ccc(Br)cc1. The number of nitrogens with one attached hydrogen (secondary N) is 1. The number of anilines is 1. The van der Waals surface area contributed by atoms with E-state index in [1.165, 1.54) is 0 Å². The molecule has 0 saturated carbocycles. The fourth-order valence-corrected chi connectivity index (χ4v) is 2.36. The summed E-state index contributed by atoms with van der Waals surface area (Å²) in [7, 11) is 0. The lowest BCUT2D eigenvalue weighted by atomic mass is 9.97. The van der Waals surface area contributed by atoms with Crippen LogP contribution >= 0.6 is 15.9 Å². The third kappa shape index (κ3) is 4.69. The van der Waals surface area contributed by atoms with E-state index in [0.717, 1.165) is 21.3 Å². The van der Waals surface area contributed by atoms with Crippen molar-refractivity contribution in [2.45, 2.75) is 25.9 Å². The Morgan fingerprint density at radius 1 is 1.14 bits per heavy atom. The number of rotatable bonds is 5. The molecule has 0 aliphatic rings. The molecule has 0 radical (unpaired) electrons. The van der Waals surface area contributed by atoms with E-state index >= 15 is 0 Å². The summed E-state index contributed by atoms with van der Waals surface area (Å²) >= 11 is 3.40. The molecule has 0 aliphatic heterocycles. The monoisotopic (exact) mass is 347 g/mol. The Morgan fingerprint density at radius 3 is 2.33 bits per heavy atom. The minimum atomic E-state index is -0.0119. The molecule has 0 saturated heterocycles. The molecule has 0 aliphatic carbocycles. The van der Waals surface area contributed by atoms with Gasteiger partial charge >= 0.3 is 0 Å². The third-order valence-electron chi connectivity index (χ3n) is 3.35. The highest BCUT2D eigenvalue weighted by atomic mass is 79.9. The smallest absolute Gasteiger partial charge is 0.224 e. The van der Waals surface area contributed by atoms with Crippen LogP contribution in [0.2, 0.25) is 0 Å². The van der Waals surface area contributed by atoms with Crippen molar-refractivity contribution in [3.8, 4) is 0 Å². The van der Waals surface area contributed by atoms with Crippen LogP contribution in [-0.2, 0) is 11.4 Å². The van der Waals surface area contributed by atoms with Crippen LogP contribution in [0.1, 0.15) is 30.4 Å². The Morgan fingerprint density at radius 2 is 1.76 bits per heavy atom. The van der Waals surface area contributed by atoms with Crippen molar-refractivity contribution in [3.63, 3.8) is 0 Å². The average Bonchev–Trinajstić information content (AvgIpc) is 2.48. The predicted molar refractivity (Wildman–Crippen MR) is 88.2 cm³/mol. The molecule has 21 heavy (non-hydrogen) atoms. The van der Waals surface area contributed by atoms with Crippen LogP contribution in [0, 0.1) is 0 Å². The minimum absolute atomic E-state index is 0.00876. The summed E-state index contributed by atoms with van der Waals surface area (Å²) in [6.45, 7) is 2.05. The molecule has 0 spiro atoms. The van der Waals surface area contributed by atoms with E-state index in [1.807, 2.05) is 31.2 Å². The average molecular weight is 348 g/mol. The molecule has 2 aromatic carbocycles. The fourth-order valence-electron chi connectivity index (χ4n) is 2.09. The summed E-state index contributed by atoms with van der Waals surface area (Å²) in [5, 5.41) is 11.9. The Hall–Kier alpha value is -1.65. The zero-order valence-electron chi connectivity index (χ0n) is 11.8. The summed E-state index contributed by atoms with van der Waals surface area (Å²) in [6.07, 6.45) is 0.434. The van der Waals surface area contributed by atoms with Gasteiger partial charge in [-0.2, -0.15) is 0 Å². The van der Waals surface area contributed by atoms with E-state index in [2.05, 4.69) is 21.2 Å². The third-order valence-corrected chi connectivity index (χ3v) is 3.88. The Bertz CT molecular complexity index is 593. The maximum atomic E-state index is 12.0. The maximum Gasteiger partial charge on any atom is 0.224 e. The largest absolute Gasteiger partial charge is 0.392 e. The summed E-state index contributed by atoms with van der Waals surface area (Å²) in [5.41, 5.74) is 2.72. The number of benzene rings is 2. The van der Waals surface area contributed by atoms with Crippen LogP contribution in [0.4, 0.5) is 5.69 Å². The summed E-state index contributed by atoms with van der Waals surface area (Å²) in [4.78, 5) is 12.0. The second-order valence-corrected chi connectivity index (χ2v) is 5.98. The van der Waals surface area contributed by atoms with Gasteiger partial charge in [-0.25, -0.2) is 0 Å². The highest BCUT2D eigenvalue weighted by molar-refractivity contribution is 9.10. The van der Waals surface area contributed by atoms with Crippen LogP contribution in [-0.4, -0.2) is 11.0 Å². The highest BCUT2D eigenvalue weighted by Gasteiger charge is 2.11. The number of hydrogen-bond donors (Lipinski definition) is 2. The molecule has 1 atom stereocenters. The van der Waals surface area contributed by atoms with Crippen LogP contribution in [0.5, 0.6) is 0 Å². The van der Waals surface area contributed by atoms with Crippen LogP contribution in [0.15, 0.2) is 53.0 Å². The molecule has 4 heteroatoms. The molecule has 2 N–H and O–H groups in total. The number of halogens is 1. The van der Waals surface area contributed by atoms with Gasteiger partial charge in [0.1, 0.15) is 0 Å². The van der Waals surface area contributed by atoms with Gasteiger partial charge in [0.25, 0.3) is 0 Å². The number of amides is 1. The molecule has 3 nitrogen and oxygen atoms in total. The predicted octanol–water partition coefficient (Wildman–Crippen LogP) is 4.07. The number of carbonyl (C=O) groups excluding carboxylic acids is 1. The summed E-state index contributed by atoms with van der Waals surface area (Å²) < 4.78 is 1.03. The van der Waals surface area contributed by atoms with E-state index in [0.29, 0.717) is 6.42 Å². The first-order valence-electron chi connectivity index (χ1n) is 6.83. The van der Waals surface area contributed by atoms with Gasteiger partial charge in [-0.3, -0.25) is 4.79 Å². The van der Waals surface area contributed by atoms with Gasteiger partial charge in [-0.05, 0) is 41.3 Å². The van der Waals surface area contributed by atoms with Crippen molar-refractivity contribution in [2.75, 3.05) is 5.32 Å². The Labute approximate surface area is 133 Å².